The van der Waals surface area contributed by atoms with Crippen molar-refractivity contribution in [1.29, 1.82) is 0 Å². The lowest BCUT2D eigenvalue weighted by Crippen LogP contribution is -2.37. The van der Waals surface area contributed by atoms with E-state index < -0.39 is 0 Å². The highest BCUT2D eigenvalue weighted by Crippen LogP contribution is 2.27. The number of para-hydroxylation sites is 1. The Morgan fingerprint density at radius 1 is 1.03 bits per heavy atom. The van der Waals surface area contributed by atoms with Crippen LogP contribution in [0.1, 0.15) is 23.2 Å². The number of ether oxygens (including phenoxy) is 1. The van der Waals surface area contributed by atoms with Crippen molar-refractivity contribution in [3.05, 3.63) is 66.0 Å². The average Bonchev–Trinajstić information content (AvgIpc) is 3.22. The molecule has 0 radical (unpaired) electrons. The summed E-state index contributed by atoms with van der Waals surface area (Å²) in [6.07, 6.45) is 1.11. The van der Waals surface area contributed by atoms with Crippen molar-refractivity contribution in [3.63, 3.8) is 0 Å². The van der Waals surface area contributed by atoms with Crippen molar-refractivity contribution in [2.45, 2.75) is 18.0 Å². The molecule has 0 amide bonds. The van der Waals surface area contributed by atoms with Crippen LogP contribution in [0.4, 0.5) is 10.3 Å². The monoisotopic (exact) mass is 426 g/mol. The summed E-state index contributed by atoms with van der Waals surface area (Å²) in [5.74, 6) is 1.24. The average molecular weight is 427 g/mol. The number of hydrogen-bond acceptors (Lipinski definition) is 6. The minimum atomic E-state index is -0.335. The number of carbonyl (C=O) groups excluding carboxylic acids is 1. The van der Waals surface area contributed by atoms with Crippen molar-refractivity contribution < 1.29 is 13.9 Å². The Hall–Kier alpha value is -2.71. The Morgan fingerprint density at radius 3 is 2.50 bits per heavy atom. The molecule has 6 nitrogen and oxygen atoms in total. The zero-order chi connectivity index (χ0) is 20.8. The van der Waals surface area contributed by atoms with Gasteiger partial charge in [0.15, 0.2) is 10.9 Å². The number of morpholine rings is 1. The van der Waals surface area contributed by atoms with Crippen molar-refractivity contribution in [2.24, 2.45) is 0 Å². The second kappa shape index (κ2) is 9.86. The molecule has 0 saturated carbocycles. The van der Waals surface area contributed by atoms with E-state index in [1.807, 2.05) is 30.3 Å². The van der Waals surface area contributed by atoms with Gasteiger partial charge in [-0.3, -0.25) is 9.36 Å². The molecule has 0 N–H and O–H groups in total. The molecule has 1 aliphatic rings. The number of anilines is 1. The smallest absolute Gasteiger partial charge is 0.232 e. The van der Waals surface area contributed by atoms with E-state index in [4.69, 9.17) is 4.74 Å². The molecule has 1 fully saturated rings. The Kier molecular flexibility index (Phi) is 6.76. The molecule has 0 spiro atoms. The number of ketones is 1. The fourth-order valence-electron chi connectivity index (χ4n) is 3.30. The van der Waals surface area contributed by atoms with Crippen LogP contribution in [0.25, 0.3) is 5.69 Å². The third-order valence-corrected chi connectivity index (χ3v) is 5.89. The molecule has 2 heterocycles. The Morgan fingerprint density at radius 2 is 1.77 bits per heavy atom. The minimum Gasteiger partial charge on any atom is -0.378 e. The van der Waals surface area contributed by atoms with Crippen molar-refractivity contribution >= 4 is 23.5 Å². The first-order valence-electron chi connectivity index (χ1n) is 9.97. The summed E-state index contributed by atoms with van der Waals surface area (Å²) < 4.78 is 20.5. The molecule has 3 aromatic rings. The van der Waals surface area contributed by atoms with Crippen LogP contribution in [-0.2, 0) is 4.74 Å². The van der Waals surface area contributed by atoms with Crippen LogP contribution in [0.2, 0.25) is 0 Å². The molecule has 4 rings (SSSR count). The van der Waals surface area contributed by atoms with Gasteiger partial charge in [0.1, 0.15) is 5.82 Å². The van der Waals surface area contributed by atoms with E-state index in [1.165, 1.54) is 24.3 Å². The van der Waals surface area contributed by atoms with Gasteiger partial charge in [-0.15, -0.1) is 10.2 Å². The second-order valence-corrected chi connectivity index (χ2v) is 8.00. The number of halogens is 1. The standard InChI is InChI=1S/C22H23FN4O2S/c23-18-10-8-17(9-11-18)20(28)7-4-16-30-22-25-24-21(26-12-14-29-15-13-26)27(22)19-5-2-1-3-6-19/h1-3,5-6,8-11H,4,7,12-16H2. The van der Waals surface area contributed by atoms with Gasteiger partial charge in [-0.2, -0.15) is 0 Å². The third-order valence-electron chi connectivity index (χ3n) is 4.87. The normalized spacial score (nSPS) is 14.1. The fraction of sp³-hybridized carbons (Fsp3) is 0.318. The summed E-state index contributed by atoms with van der Waals surface area (Å²) in [5.41, 5.74) is 1.55. The molecule has 0 bridgehead atoms. The summed E-state index contributed by atoms with van der Waals surface area (Å²) in [6, 6.07) is 15.7. The molecular formula is C22H23FN4O2S. The Labute approximate surface area is 179 Å². The molecule has 1 saturated heterocycles. The number of benzene rings is 2. The van der Waals surface area contributed by atoms with Gasteiger partial charge >= 0.3 is 0 Å². The molecule has 156 valence electrons. The summed E-state index contributed by atoms with van der Waals surface area (Å²) in [7, 11) is 0. The molecule has 0 aliphatic carbocycles. The Bertz CT molecular complexity index is 973. The van der Waals surface area contributed by atoms with E-state index in [2.05, 4.69) is 19.7 Å². The van der Waals surface area contributed by atoms with Crippen LogP contribution in [0.3, 0.4) is 0 Å². The van der Waals surface area contributed by atoms with Crippen LogP contribution in [-0.4, -0.2) is 52.6 Å². The van der Waals surface area contributed by atoms with Crippen LogP contribution in [0, 0.1) is 5.82 Å². The van der Waals surface area contributed by atoms with Crippen molar-refractivity contribution in [1.82, 2.24) is 14.8 Å². The molecular weight excluding hydrogens is 403 g/mol. The molecule has 0 atom stereocenters. The van der Waals surface area contributed by atoms with Crippen molar-refractivity contribution in [3.8, 4) is 5.69 Å². The lowest BCUT2D eigenvalue weighted by Gasteiger charge is -2.27. The van der Waals surface area contributed by atoms with E-state index >= 15 is 0 Å². The highest BCUT2D eigenvalue weighted by atomic mass is 32.2. The largest absolute Gasteiger partial charge is 0.378 e. The lowest BCUT2D eigenvalue weighted by atomic mass is 10.1. The maximum atomic E-state index is 13.0. The Balaban J connectivity index is 1.43. The van der Waals surface area contributed by atoms with E-state index in [1.54, 1.807) is 11.8 Å². The number of nitrogens with zero attached hydrogens (tertiary/aromatic N) is 4. The van der Waals surface area contributed by atoms with E-state index in [9.17, 15) is 9.18 Å². The summed E-state index contributed by atoms with van der Waals surface area (Å²) in [5, 5.41) is 9.67. The zero-order valence-corrected chi connectivity index (χ0v) is 17.4. The molecule has 1 aliphatic heterocycles. The van der Waals surface area contributed by atoms with E-state index in [0.29, 0.717) is 31.6 Å². The van der Waals surface area contributed by atoms with Gasteiger partial charge in [0, 0.05) is 30.8 Å². The minimum absolute atomic E-state index is 0.0223. The number of thioether (sulfide) groups is 1. The van der Waals surface area contributed by atoms with Crippen LogP contribution < -0.4 is 4.90 Å². The van der Waals surface area contributed by atoms with E-state index in [0.717, 1.165) is 35.6 Å². The predicted octanol–water partition coefficient (Wildman–Crippen LogP) is 4.00. The highest BCUT2D eigenvalue weighted by Gasteiger charge is 2.21. The maximum absolute atomic E-state index is 13.0. The van der Waals surface area contributed by atoms with Gasteiger partial charge in [0.05, 0.1) is 18.9 Å². The van der Waals surface area contributed by atoms with Crippen LogP contribution in [0.5, 0.6) is 0 Å². The van der Waals surface area contributed by atoms with Gasteiger partial charge in [-0.25, -0.2) is 4.39 Å². The van der Waals surface area contributed by atoms with Gasteiger partial charge in [-0.1, -0.05) is 30.0 Å². The number of carbonyl (C=O) groups is 1. The first-order chi connectivity index (χ1) is 14.7. The molecule has 2 aromatic carbocycles. The number of aromatic nitrogens is 3. The molecule has 1 aromatic heterocycles. The van der Waals surface area contributed by atoms with E-state index in [-0.39, 0.29) is 11.6 Å². The third kappa shape index (κ3) is 4.88. The first kappa shape index (κ1) is 20.6. The van der Waals surface area contributed by atoms with Crippen LogP contribution >= 0.6 is 11.8 Å². The van der Waals surface area contributed by atoms with Crippen LogP contribution in [0.15, 0.2) is 59.8 Å². The quantitative estimate of drug-likeness (QED) is 0.308. The maximum Gasteiger partial charge on any atom is 0.232 e. The second-order valence-electron chi connectivity index (χ2n) is 6.94. The number of Topliss-reactive ketones (excluding diaryl/α,β-unsaturated/α-hetero) is 1. The molecule has 8 heteroatoms. The summed E-state index contributed by atoms with van der Waals surface area (Å²) in [6.45, 7) is 2.91. The summed E-state index contributed by atoms with van der Waals surface area (Å²) in [4.78, 5) is 14.5. The number of rotatable bonds is 8. The predicted molar refractivity (Wildman–Crippen MR) is 115 cm³/mol. The first-order valence-corrected chi connectivity index (χ1v) is 11.0. The zero-order valence-electron chi connectivity index (χ0n) is 16.5. The van der Waals surface area contributed by atoms with Gasteiger partial charge in [0.2, 0.25) is 5.95 Å². The lowest BCUT2D eigenvalue weighted by molar-refractivity contribution is 0.0982. The van der Waals surface area contributed by atoms with Gasteiger partial charge < -0.3 is 9.64 Å². The topological polar surface area (TPSA) is 60.3 Å². The number of hydrogen-bond donors (Lipinski definition) is 0. The van der Waals surface area contributed by atoms with Crippen molar-refractivity contribution in [2.75, 3.05) is 37.0 Å². The summed E-state index contributed by atoms with van der Waals surface area (Å²) >= 11 is 1.59. The molecule has 0 unspecified atom stereocenters. The molecule has 30 heavy (non-hydrogen) atoms. The fourth-order valence-corrected chi connectivity index (χ4v) is 4.19. The van der Waals surface area contributed by atoms with Gasteiger partial charge in [0.25, 0.3) is 0 Å². The SMILES string of the molecule is O=C(CCCSc1nnc(N2CCOCC2)n1-c1ccccc1)c1ccc(F)cc1. The highest BCUT2D eigenvalue weighted by molar-refractivity contribution is 7.99. The van der Waals surface area contributed by atoms with Gasteiger partial charge in [-0.05, 0) is 42.8 Å².